The third-order valence-corrected chi connectivity index (χ3v) is 9.47. The van der Waals surface area contributed by atoms with Crippen molar-refractivity contribution in [2.24, 2.45) is 5.41 Å². The van der Waals surface area contributed by atoms with E-state index in [-0.39, 0.29) is 12.8 Å². The minimum Gasteiger partial charge on any atom is -0.459 e. The highest BCUT2D eigenvalue weighted by atomic mass is 127. The summed E-state index contributed by atoms with van der Waals surface area (Å²) in [7, 11) is 0. The third kappa shape index (κ3) is 5.50. The summed E-state index contributed by atoms with van der Waals surface area (Å²) in [5.41, 5.74) is 2.05. The van der Waals surface area contributed by atoms with Gasteiger partial charge in [-0.2, -0.15) is 5.10 Å². The Labute approximate surface area is 265 Å². The summed E-state index contributed by atoms with van der Waals surface area (Å²) in [6, 6.07) is 8.21. The van der Waals surface area contributed by atoms with E-state index in [0.29, 0.717) is 32.9 Å². The van der Waals surface area contributed by atoms with E-state index in [4.69, 9.17) is 29.3 Å². The molecule has 3 aliphatic rings. The average Bonchev–Trinajstić information content (AvgIpc) is 3.42. The number of nitrogens with zero attached hydrogens (tertiary/aromatic N) is 4. The van der Waals surface area contributed by atoms with Crippen molar-refractivity contribution in [3.05, 3.63) is 50.5 Å². The Bertz CT molecular complexity index is 1540. The summed E-state index contributed by atoms with van der Waals surface area (Å²) in [6.45, 7) is 9.06. The largest absolute Gasteiger partial charge is 0.459 e. The van der Waals surface area contributed by atoms with Crippen LogP contribution >= 0.6 is 22.6 Å². The molecule has 6 rings (SSSR count). The fourth-order valence-electron chi connectivity index (χ4n) is 7.01. The van der Waals surface area contributed by atoms with Crippen molar-refractivity contribution in [2.45, 2.75) is 90.2 Å². The summed E-state index contributed by atoms with van der Waals surface area (Å²) >= 11 is 2.17. The van der Waals surface area contributed by atoms with E-state index in [2.05, 4.69) is 45.4 Å². The maximum atomic E-state index is 13.9. The number of amides is 1. The van der Waals surface area contributed by atoms with Crippen molar-refractivity contribution in [3.8, 4) is 0 Å². The summed E-state index contributed by atoms with van der Waals surface area (Å²) < 4.78 is 20.1. The van der Waals surface area contributed by atoms with Crippen molar-refractivity contribution in [1.82, 2.24) is 30.4 Å². The first kappa shape index (κ1) is 30.2. The van der Waals surface area contributed by atoms with Crippen molar-refractivity contribution in [3.63, 3.8) is 0 Å². The molecule has 2 saturated heterocycles. The van der Waals surface area contributed by atoms with Crippen LogP contribution in [0.5, 0.6) is 0 Å². The molecule has 0 bridgehead atoms. The quantitative estimate of drug-likeness (QED) is 0.282. The second kappa shape index (κ2) is 11.6. The van der Waals surface area contributed by atoms with Gasteiger partial charge in [0.05, 0.1) is 5.69 Å². The number of hydrogen-bond acceptors (Lipinski definition) is 9. The van der Waals surface area contributed by atoms with Gasteiger partial charge in [0.2, 0.25) is 0 Å². The fourth-order valence-corrected chi connectivity index (χ4v) is 7.61. The number of piperidine rings is 1. The smallest absolute Gasteiger partial charge is 0.408 e. The average molecular weight is 703 g/mol. The first-order chi connectivity index (χ1) is 20.5. The molecule has 4 heterocycles. The highest BCUT2D eigenvalue weighted by Gasteiger charge is 2.62. The van der Waals surface area contributed by atoms with E-state index in [0.717, 1.165) is 62.7 Å². The first-order valence-electron chi connectivity index (χ1n) is 15.0. The van der Waals surface area contributed by atoms with E-state index in [1.807, 2.05) is 37.6 Å². The second-order valence-corrected chi connectivity index (χ2v) is 13.8. The lowest BCUT2D eigenvalue weighted by molar-refractivity contribution is -0.142. The molecule has 2 atom stereocenters. The predicted octanol–water partition coefficient (Wildman–Crippen LogP) is 4.89. The van der Waals surface area contributed by atoms with Crippen LogP contribution in [0.15, 0.2) is 24.3 Å². The number of alkyl carbamates (subject to hydrolysis) is 1. The number of carbonyl (C=O) groups is 2. The molecule has 12 heteroatoms. The number of fused-ring (bicyclic) bond motifs is 2. The highest BCUT2D eigenvalue weighted by Crippen LogP contribution is 2.58. The molecule has 2 fully saturated rings. The van der Waals surface area contributed by atoms with Gasteiger partial charge in [0.1, 0.15) is 29.0 Å². The molecule has 1 aromatic carbocycles. The molecular weight excluding hydrogens is 663 g/mol. The molecule has 0 saturated carbocycles. The molecule has 230 valence electrons. The van der Waals surface area contributed by atoms with Crippen LogP contribution in [0.1, 0.15) is 88.5 Å². The van der Waals surface area contributed by atoms with Crippen LogP contribution in [0, 0.1) is 9.12 Å². The van der Waals surface area contributed by atoms with E-state index >= 15 is 0 Å². The number of nitrogens with one attached hydrogen (secondary N) is 2. The van der Waals surface area contributed by atoms with Crippen LogP contribution in [0.3, 0.4) is 0 Å². The van der Waals surface area contributed by atoms with Gasteiger partial charge in [0, 0.05) is 18.9 Å². The normalized spacial score (nSPS) is 23.2. The number of aromatic nitrogens is 4. The molecule has 43 heavy (non-hydrogen) atoms. The molecular formula is C31H39IN6O5. The summed E-state index contributed by atoms with van der Waals surface area (Å²) in [5.74, 6) is -0.425. The molecule has 1 spiro atoms. The molecule has 3 aromatic rings. The molecule has 1 amide bonds. The van der Waals surface area contributed by atoms with Gasteiger partial charge in [-0.1, -0.05) is 24.3 Å². The fraction of sp³-hybridized carbons (Fsp3) is 0.581. The van der Waals surface area contributed by atoms with Crippen LogP contribution in [0.2, 0.25) is 0 Å². The predicted molar refractivity (Wildman–Crippen MR) is 167 cm³/mol. The molecule has 2 aliphatic heterocycles. The van der Waals surface area contributed by atoms with Gasteiger partial charge in [0.15, 0.2) is 15.6 Å². The lowest BCUT2D eigenvalue weighted by Crippen LogP contribution is -2.60. The zero-order chi connectivity index (χ0) is 30.4. The topological polar surface area (TPSA) is 129 Å². The Morgan fingerprint density at radius 3 is 2.65 bits per heavy atom. The Kier molecular flexibility index (Phi) is 8.14. The number of hydrogen-bond donors (Lipinski definition) is 2. The Hall–Kier alpha value is -2.84. The van der Waals surface area contributed by atoms with Gasteiger partial charge < -0.3 is 24.8 Å². The lowest BCUT2D eigenvalue weighted by atomic mass is 9.62. The van der Waals surface area contributed by atoms with Crippen molar-refractivity contribution < 1.29 is 23.8 Å². The Morgan fingerprint density at radius 1 is 1.19 bits per heavy atom. The molecule has 0 radical (unpaired) electrons. The number of benzene rings is 1. The number of ether oxygens (including phenoxy) is 3. The summed E-state index contributed by atoms with van der Waals surface area (Å²) in [4.78, 5) is 36.4. The minimum absolute atomic E-state index is 0.0942. The zero-order valence-electron chi connectivity index (χ0n) is 25.2. The molecule has 1 aliphatic carbocycles. The van der Waals surface area contributed by atoms with E-state index in [1.165, 1.54) is 6.92 Å². The van der Waals surface area contributed by atoms with Crippen LogP contribution in [0.4, 0.5) is 4.79 Å². The van der Waals surface area contributed by atoms with E-state index < -0.39 is 28.6 Å². The van der Waals surface area contributed by atoms with Crippen LogP contribution < -0.4 is 10.6 Å². The van der Waals surface area contributed by atoms with Crippen molar-refractivity contribution in [2.75, 3.05) is 19.7 Å². The van der Waals surface area contributed by atoms with Gasteiger partial charge in [-0.05, 0) is 106 Å². The van der Waals surface area contributed by atoms with Gasteiger partial charge in [-0.25, -0.2) is 19.4 Å². The maximum Gasteiger partial charge on any atom is 0.408 e. The molecule has 11 nitrogen and oxygen atoms in total. The van der Waals surface area contributed by atoms with Crippen molar-refractivity contribution >= 4 is 45.8 Å². The zero-order valence-corrected chi connectivity index (χ0v) is 27.3. The SMILES string of the molecule is CC(=O)OCc1nc2c(I)nn(C3CCCCO3)c2nc1C1(NC(=O)OC(C)(C)C)c2ccccc2CC12CCNCC2. The van der Waals surface area contributed by atoms with Crippen LogP contribution in [-0.4, -0.2) is 57.1 Å². The number of halogens is 1. The number of esters is 1. The molecule has 2 unspecified atom stereocenters. The Morgan fingerprint density at radius 2 is 1.95 bits per heavy atom. The number of carbonyl (C=O) groups excluding carboxylic acids is 2. The monoisotopic (exact) mass is 702 g/mol. The van der Waals surface area contributed by atoms with E-state index in [1.54, 1.807) is 0 Å². The standard InChI is InChI=1S/C31H39IN6O5/c1-19(39)42-18-22-25(35-27-24(34-22)26(32)37-38(27)23-11-7-8-16-41-23)31(36-28(40)43-29(2,3)4)21-10-6-5-9-20(21)17-30(31)12-14-33-15-13-30/h5-6,9-10,23,33H,7-8,11-18H2,1-4H3,(H,36,40). The third-order valence-electron chi connectivity index (χ3n) is 8.75. The van der Waals surface area contributed by atoms with Crippen LogP contribution in [-0.2, 0) is 37.6 Å². The number of rotatable bonds is 5. The minimum atomic E-state index is -1.11. The summed E-state index contributed by atoms with van der Waals surface area (Å²) in [6.07, 6.45) is 4.36. The van der Waals surface area contributed by atoms with Gasteiger partial charge in [-0.15, -0.1) is 0 Å². The second-order valence-electron chi connectivity index (χ2n) is 12.8. The van der Waals surface area contributed by atoms with Crippen LogP contribution in [0.25, 0.3) is 11.2 Å². The van der Waals surface area contributed by atoms with Gasteiger partial charge in [-0.3, -0.25) is 4.79 Å². The van der Waals surface area contributed by atoms with Gasteiger partial charge >= 0.3 is 12.1 Å². The lowest BCUT2D eigenvalue weighted by Gasteiger charge is -2.49. The van der Waals surface area contributed by atoms with Crippen molar-refractivity contribution in [1.29, 1.82) is 0 Å². The first-order valence-corrected chi connectivity index (χ1v) is 16.1. The Balaban J connectivity index is 1.65. The molecule has 2 aromatic heterocycles. The maximum absolute atomic E-state index is 13.9. The van der Waals surface area contributed by atoms with Gasteiger partial charge in [0.25, 0.3) is 0 Å². The molecule has 2 N–H and O–H groups in total. The summed E-state index contributed by atoms with van der Waals surface area (Å²) in [5, 5.41) is 11.7. The van der Waals surface area contributed by atoms with E-state index in [9.17, 15) is 9.59 Å². The highest BCUT2D eigenvalue weighted by molar-refractivity contribution is 14.1.